The Hall–Kier alpha value is -1.06. The molecule has 6 nitrogen and oxygen atoms in total. The Labute approximate surface area is 110 Å². The summed E-state index contributed by atoms with van der Waals surface area (Å²) in [6, 6.07) is 0. The predicted molar refractivity (Wildman–Crippen MR) is 64.4 cm³/mol. The third-order valence-corrected chi connectivity index (χ3v) is 4.25. The summed E-state index contributed by atoms with van der Waals surface area (Å²) in [6.45, 7) is -1.22. The van der Waals surface area contributed by atoms with Crippen molar-refractivity contribution in [1.29, 1.82) is 0 Å². The van der Waals surface area contributed by atoms with Crippen molar-refractivity contribution in [3.8, 4) is 0 Å². The highest BCUT2D eigenvalue weighted by Gasteiger charge is 2.30. The van der Waals surface area contributed by atoms with Crippen molar-refractivity contribution in [2.45, 2.75) is 36.8 Å². The molecule has 0 aromatic carbocycles. The average Bonchev–Trinajstić information content (AvgIpc) is 2.81. The smallest absolute Gasteiger partial charge is 0.273 e. The molecule has 1 aromatic rings. The van der Waals surface area contributed by atoms with E-state index < -0.39 is 29.0 Å². The fourth-order valence-corrected chi connectivity index (χ4v) is 2.90. The number of imidazole rings is 1. The van der Waals surface area contributed by atoms with E-state index in [4.69, 9.17) is 5.73 Å². The molecule has 0 bridgehead atoms. The number of aryl methyl sites for hydroxylation is 2. The molecule has 1 aliphatic heterocycles. The minimum atomic E-state index is -4.02. The molecule has 0 radical (unpaired) electrons. The maximum Gasteiger partial charge on any atom is 0.273 e. The van der Waals surface area contributed by atoms with Crippen LogP contribution in [0.25, 0.3) is 0 Å². The van der Waals surface area contributed by atoms with E-state index in [1.54, 1.807) is 4.57 Å². The van der Waals surface area contributed by atoms with E-state index in [0.29, 0.717) is 18.8 Å². The van der Waals surface area contributed by atoms with Gasteiger partial charge in [-0.25, -0.2) is 26.9 Å². The number of fused-ring (bicyclic) bond motifs is 1. The number of nitrogens with zero attached hydrogens (tertiary/aromatic N) is 2. The third kappa shape index (κ3) is 3.28. The van der Waals surface area contributed by atoms with Crippen molar-refractivity contribution in [3.63, 3.8) is 0 Å². The molecule has 2 rings (SSSR count). The molecule has 9 heteroatoms. The first-order valence-electron chi connectivity index (χ1n) is 5.98. The first-order valence-corrected chi connectivity index (χ1v) is 7.46. The van der Waals surface area contributed by atoms with Crippen LogP contribution in [0.15, 0.2) is 11.2 Å². The number of nitrogens with one attached hydrogen (secondary N) is 1. The number of hydrogen-bond acceptors (Lipinski definition) is 4. The molecule has 1 aromatic heterocycles. The number of aromatic nitrogens is 2. The van der Waals surface area contributed by atoms with Gasteiger partial charge in [-0.3, -0.25) is 0 Å². The summed E-state index contributed by atoms with van der Waals surface area (Å²) in [7, 11) is -4.02. The van der Waals surface area contributed by atoms with Crippen molar-refractivity contribution in [1.82, 2.24) is 14.3 Å². The highest BCUT2D eigenvalue weighted by atomic mass is 32.2. The quantitative estimate of drug-likeness (QED) is 0.805. The van der Waals surface area contributed by atoms with Gasteiger partial charge in [0.25, 0.3) is 15.9 Å². The first kappa shape index (κ1) is 14.4. The number of alkyl halides is 2. The maximum absolute atomic E-state index is 12.9. The van der Waals surface area contributed by atoms with Gasteiger partial charge in [0.15, 0.2) is 5.03 Å². The molecule has 1 aliphatic rings. The zero-order valence-corrected chi connectivity index (χ0v) is 11.1. The zero-order valence-electron chi connectivity index (χ0n) is 10.3. The maximum atomic E-state index is 12.9. The molecule has 0 spiro atoms. The highest BCUT2D eigenvalue weighted by molar-refractivity contribution is 7.89. The van der Waals surface area contributed by atoms with E-state index in [1.165, 1.54) is 6.20 Å². The number of hydrogen-bond donors (Lipinski definition) is 2. The SMILES string of the molecule is NCC(F)(F)CNS(=O)(=O)c1cn2c(n1)CCCC2. The summed E-state index contributed by atoms with van der Waals surface area (Å²) in [5, 5.41) is -0.211. The molecule has 0 saturated heterocycles. The van der Waals surface area contributed by atoms with E-state index >= 15 is 0 Å². The highest BCUT2D eigenvalue weighted by Crippen LogP contribution is 2.18. The second-order valence-corrected chi connectivity index (χ2v) is 6.24. The Balaban J connectivity index is 2.13. The van der Waals surface area contributed by atoms with Gasteiger partial charge >= 0.3 is 0 Å². The van der Waals surface area contributed by atoms with Gasteiger partial charge in [-0.1, -0.05) is 0 Å². The van der Waals surface area contributed by atoms with Crippen molar-refractivity contribution < 1.29 is 17.2 Å². The van der Waals surface area contributed by atoms with E-state index in [-0.39, 0.29) is 5.03 Å². The summed E-state index contributed by atoms with van der Waals surface area (Å²) in [6.07, 6.45) is 4.00. The van der Waals surface area contributed by atoms with Crippen LogP contribution in [0, 0.1) is 0 Å². The normalized spacial score (nSPS) is 16.4. The van der Waals surface area contributed by atoms with Gasteiger partial charge in [0.1, 0.15) is 5.82 Å². The molecule has 3 N–H and O–H groups in total. The molecule has 108 valence electrons. The van der Waals surface area contributed by atoms with Crippen molar-refractivity contribution >= 4 is 10.0 Å². The molecular formula is C10H16F2N4O2S. The summed E-state index contributed by atoms with van der Waals surface area (Å²) in [4.78, 5) is 3.99. The van der Waals surface area contributed by atoms with Crippen LogP contribution in [-0.4, -0.2) is 37.0 Å². The van der Waals surface area contributed by atoms with Crippen molar-refractivity contribution in [2.24, 2.45) is 5.73 Å². The van der Waals surface area contributed by atoms with E-state index in [1.807, 2.05) is 4.72 Å². The Morgan fingerprint density at radius 3 is 2.84 bits per heavy atom. The van der Waals surface area contributed by atoms with Gasteiger partial charge < -0.3 is 10.3 Å². The number of nitrogens with two attached hydrogens (primary N) is 1. The summed E-state index contributed by atoms with van der Waals surface area (Å²) < 4.78 is 53.2. The van der Waals surface area contributed by atoms with E-state index in [9.17, 15) is 17.2 Å². The molecular weight excluding hydrogens is 278 g/mol. The van der Waals surface area contributed by atoms with Gasteiger partial charge in [-0.05, 0) is 12.8 Å². The second-order valence-electron chi connectivity index (χ2n) is 4.53. The van der Waals surface area contributed by atoms with Crippen LogP contribution >= 0.6 is 0 Å². The van der Waals surface area contributed by atoms with Crippen molar-refractivity contribution in [2.75, 3.05) is 13.1 Å². The third-order valence-electron chi connectivity index (χ3n) is 2.98. The standard InChI is InChI=1S/C10H16F2N4O2S/c11-10(12,6-13)7-14-19(17,18)9-5-16-4-2-1-3-8(16)15-9/h5,14H,1-4,6-7,13H2. The Bertz CT molecular complexity index is 532. The Morgan fingerprint density at radius 1 is 1.47 bits per heavy atom. The fourth-order valence-electron chi connectivity index (χ4n) is 1.86. The molecule has 0 atom stereocenters. The van der Waals surface area contributed by atoms with Gasteiger partial charge in [0.05, 0.1) is 13.1 Å². The Morgan fingerprint density at radius 2 is 2.21 bits per heavy atom. The topological polar surface area (TPSA) is 90.0 Å². The summed E-state index contributed by atoms with van der Waals surface area (Å²) in [5.74, 6) is -2.58. The van der Waals surface area contributed by atoms with Gasteiger partial charge in [0.2, 0.25) is 0 Å². The summed E-state index contributed by atoms with van der Waals surface area (Å²) >= 11 is 0. The number of sulfonamides is 1. The second kappa shape index (κ2) is 5.14. The van der Waals surface area contributed by atoms with Crippen LogP contribution < -0.4 is 10.5 Å². The van der Waals surface area contributed by atoms with Crippen molar-refractivity contribution in [3.05, 3.63) is 12.0 Å². The summed E-state index contributed by atoms with van der Waals surface area (Å²) in [5.41, 5.74) is 4.85. The molecule has 0 fully saturated rings. The van der Waals surface area contributed by atoms with E-state index in [2.05, 4.69) is 4.98 Å². The zero-order chi connectivity index (χ0) is 14.1. The monoisotopic (exact) mass is 294 g/mol. The van der Waals surface area contributed by atoms with Crippen LogP contribution in [0.1, 0.15) is 18.7 Å². The molecule has 0 amide bonds. The van der Waals surface area contributed by atoms with Crippen LogP contribution in [0.2, 0.25) is 0 Å². The number of halogens is 2. The predicted octanol–water partition coefficient (Wildman–Crippen LogP) is 0.0917. The lowest BCUT2D eigenvalue weighted by Crippen LogP contribution is -2.41. The molecule has 0 saturated carbocycles. The van der Waals surface area contributed by atoms with Gasteiger partial charge in [-0.15, -0.1) is 0 Å². The Kier molecular flexibility index (Phi) is 3.88. The van der Waals surface area contributed by atoms with Crippen LogP contribution in [-0.2, 0) is 23.0 Å². The largest absolute Gasteiger partial charge is 0.333 e. The molecule has 19 heavy (non-hydrogen) atoms. The first-order chi connectivity index (χ1) is 8.84. The van der Waals surface area contributed by atoms with Gasteiger partial charge in [-0.2, -0.15) is 0 Å². The van der Waals surface area contributed by atoms with Crippen LogP contribution in [0.5, 0.6) is 0 Å². The van der Waals surface area contributed by atoms with Crippen LogP contribution in [0.4, 0.5) is 8.78 Å². The van der Waals surface area contributed by atoms with Gasteiger partial charge in [0, 0.05) is 19.2 Å². The van der Waals surface area contributed by atoms with E-state index in [0.717, 1.165) is 12.8 Å². The fraction of sp³-hybridized carbons (Fsp3) is 0.700. The van der Waals surface area contributed by atoms with Crippen LogP contribution in [0.3, 0.4) is 0 Å². The number of rotatable bonds is 5. The molecule has 2 heterocycles. The molecule has 0 unspecified atom stereocenters. The lowest BCUT2D eigenvalue weighted by Gasteiger charge is -2.13. The molecule has 0 aliphatic carbocycles. The lowest BCUT2D eigenvalue weighted by atomic mass is 10.2. The lowest BCUT2D eigenvalue weighted by molar-refractivity contribution is 0.0170. The average molecular weight is 294 g/mol. The minimum absolute atomic E-state index is 0.211. The minimum Gasteiger partial charge on any atom is -0.333 e.